The Bertz CT molecular complexity index is 805. The molecular weight excluding hydrogens is 350 g/mol. The number of nitrogens with two attached hydrogens (primary N) is 1. The number of amides is 1. The molecule has 1 aromatic carbocycles. The molecular formula is C19H23N3O3S. The third-order valence-corrected chi connectivity index (χ3v) is 5.92. The number of carbonyl (C=O) groups excluding carboxylic acids is 1. The molecule has 138 valence electrons. The van der Waals surface area contributed by atoms with Crippen LogP contribution in [0.3, 0.4) is 0 Å². The lowest BCUT2D eigenvalue weighted by atomic mass is 9.96. The first-order valence-electron chi connectivity index (χ1n) is 9.01. The predicted octanol–water partition coefficient (Wildman–Crippen LogP) is 2.81. The number of piperidine rings is 1. The second-order valence-electron chi connectivity index (χ2n) is 6.90. The van der Waals surface area contributed by atoms with Crippen molar-refractivity contribution in [3.63, 3.8) is 0 Å². The van der Waals surface area contributed by atoms with Crippen molar-refractivity contribution in [2.24, 2.45) is 5.73 Å². The fraction of sp³-hybridized carbons (Fsp3) is 0.474. The number of nitrogens with zero attached hydrogens (tertiary/aromatic N) is 2. The van der Waals surface area contributed by atoms with Crippen LogP contribution in [0.2, 0.25) is 0 Å². The third-order valence-electron chi connectivity index (χ3n) is 4.98. The Morgan fingerprint density at radius 2 is 2.23 bits per heavy atom. The van der Waals surface area contributed by atoms with Crippen LogP contribution in [0, 0.1) is 0 Å². The van der Waals surface area contributed by atoms with Crippen molar-refractivity contribution in [2.75, 3.05) is 13.3 Å². The summed E-state index contributed by atoms with van der Waals surface area (Å²) >= 11 is 1.54. The van der Waals surface area contributed by atoms with Crippen molar-refractivity contribution in [3.8, 4) is 22.1 Å². The minimum absolute atomic E-state index is 0.00104. The molecule has 2 aromatic rings. The summed E-state index contributed by atoms with van der Waals surface area (Å²) in [5.41, 5.74) is 7.87. The number of hydrogen-bond donors (Lipinski definition) is 1. The first-order valence-corrected chi connectivity index (χ1v) is 9.89. The Morgan fingerprint density at radius 3 is 3.08 bits per heavy atom. The van der Waals surface area contributed by atoms with Crippen LogP contribution >= 0.6 is 11.3 Å². The van der Waals surface area contributed by atoms with Crippen LogP contribution in [0.25, 0.3) is 10.6 Å². The molecule has 1 aromatic heterocycles. The molecule has 2 aliphatic heterocycles. The summed E-state index contributed by atoms with van der Waals surface area (Å²) < 4.78 is 10.8. The summed E-state index contributed by atoms with van der Waals surface area (Å²) in [6, 6.07) is 5.94. The maximum absolute atomic E-state index is 12.8. The summed E-state index contributed by atoms with van der Waals surface area (Å²) in [4.78, 5) is 19.4. The topological polar surface area (TPSA) is 77.7 Å². The Balaban J connectivity index is 1.47. The molecule has 26 heavy (non-hydrogen) atoms. The molecule has 0 aliphatic carbocycles. The molecule has 2 unspecified atom stereocenters. The molecule has 0 spiro atoms. The third kappa shape index (κ3) is 3.41. The van der Waals surface area contributed by atoms with Gasteiger partial charge in [0.15, 0.2) is 11.5 Å². The van der Waals surface area contributed by atoms with E-state index >= 15 is 0 Å². The van der Waals surface area contributed by atoms with Crippen molar-refractivity contribution >= 4 is 17.2 Å². The van der Waals surface area contributed by atoms with Gasteiger partial charge in [-0.25, -0.2) is 4.98 Å². The van der Waals surface area contributed by atoms with E-state index < -0.39 is 0 Å². The molecule has 6 nitrogen and oxygen atoms in total. The molecule has 0 bridgehead atoms. The van der Waals surface area contributed by atoms with Gasteiger partial charge in [0.25, 0.3) is 0 Å². The maximum atomic E-state index is 12.8. The Morgan fingerprint density at radius 1 is 1.38 bits per heavy atom. The van der Waals surface area contributed by atoms with Crippen LogP contribution in [0.1, 0.15) is 31.9 Å². The Kier molecular flexibility index (Phi) is 4.82. The van der Waals surface area contributed by atoms with Gasteiger partial charge < -0.3 is 20.1 Å². The highest BCUT2D eigenvalue weighted by atomic mass is 32.1. The van der Waals surface area contributed by atoms with Gasteiger partial charge >= 0.3 is 0 Å². The van der Waals surface area contributed by atoms with Gasteiger partial charge in [-0.05, 0) is 44.4 Å². The van der Waals surface area contributed by atoms with E-state index in [1.54, 1.807) is 11.3 Å². The minimum Gasteiger partial charge on any atom is -0.454 e. The molecule has 7 heteroatoms. The molecule has 0 radical (unpaired) electrons. The molecule has 2 atom stereocenters. The molecule has 0 saturated carbocycles. The van der Waals surface area contributed by atoms with E-state index in [1.807, 2.05) is 35.4 Å². The van der Waals surface area contributed by atoms with Crippen LogP contribution in [0.4, 0.5) is 0 Å². The van der Waals surface area contributed by atoms with E-state index in [1.165, 1.54) is 0 Å². The first kappa shape index (κ1) is 17.3. The monoisotopic (exact) mass is 373 g/mol. The van der Waals surface area contributed by atoms with Gasteiger partial charge in [0.1, 0.15) is 5.01 Å². The zero-order valence-electron chi connectivity index (χ0n) is 14.8. The standard InChI is InChI=1S/C19H23N3O3S/c1-12(20)15-4-2-3-7-22(15)18(23)9-14-10-26-19(21-14)13-5-6-16-17(8-13)25-11-24-16/h5-6,8,10,12,15H,2-4,7,9,11,20H2,1H3. The number of ether oxygens (including phenoxy) is 2. The quantitative estimate of drug-likeness (QED) is 0.892. The van der Waals surface area contributed by atoms with Crippen molar-refractivity contribution in [1.29, 1.82) is 0 Å². The zero-order chi connectivity index (χ0) is 18.1. The van der Waals surface area contributed by atoms with Crippen LogP contribution in [-0.4, -0.2) is 41.2 Å². The number of carbonyl (C=O) groups is 1. The molecule has 1 saturated heterocycles. The fourth-order valence-electron chi connectivity index (χ4n) is 3.62. The van der Waals surface area contributed by atoms with Crippen molar-refractivity contribution in [2.45, 2.75) is 44.7 Å². The molecule has 4 rings (SSSR count). The summed E-state index contributed by atoms with van der Waals surface area (Å²) in [5.74, 6) is 1.62. The SMILES string of the molecule is CC(N)C1CCCCN1C(=O)Cc1csc(-c2ccc3c(c2)OCO3)n1. The van der Waals surface area contributed by atoms with Crippen LogP contribution in [0.5, 0.6) is 11.5 Å². The summed E-state index contributed by atoms with van der Waals surface area (Å²) in [6.07, 6.45) is 3.50. The molecule has 1 fully saturated rings. The second kappa shape index (κ2) is 7.25. The van der Waals surface area contributed by atoms with Crippen LogP contribution in [0.15, 0.2) is 23.6 Å². The number of hydrogen-bond acceptors (Lipinski definition) is 6. The van der Waals surface area contributed by atoms with Gasteiger partial charge in [0.05, 0.1) is 12.1 Å². The normalized spacial score (nSPS) is 20.2. The van der Waals surface area contributed by atoms with E-state index in [0.717, 1.165) is 53.6 Å². The minimum atomic E-state index is -0.00104. The van der Waals surface area contributed by atoms with Gasteiger partial charge in [-0.2, -0.15) is 0 Å². The molecule has 1 amide bonds. The zero-order valence-corrected chi connectivity index (χ0v) is 15.6. The Labute approximate surface area is 156 Å². The predicted molar refractivity (Wildman–Crippen MR) is 100 cm³/mol. The van der Waals surface area contributed by atoms with Crippen LogP contribution < -0.4 is 15.2 Å². The highest BCUT2D eigenvalue weighted by molar-refractivity contribution is 7.13. The van der Waals surface area contributed by atoms with E-state index in [4.69, 9.17) is 15.2 Å². The number of rotatable bonds is 4. The molecule has 3 heterocycles. The lowest BCUT2D eigenvalue weighted by Crippen LogP contribution is -2.52. The first-order chi connectivity index (χ1) is 12.6. The summed E-state index contributed by atoms with van der Waals surface area (Å²) in [7, 11) is 0. The summed E-state index contributed by atoms with van der Waals surface area (Å²) in [6.45, 7) is 3.04. The lowest BCUT2D eigenvalue weighted by Gasteiger charge is -2.38. The van der Waals surface area contributed by atoms with Crippen LogP contribution in [-0.2, 0) is 11.2 Å². The second-order valence-corrected chi connectivity index (χ2v) is 7.76. The number of thiazole rings is 1. The van der Waals surface area contributed by atoms with Gasteiger partial charge in [-0.15, -0.1) is 11.3 Å². The largest absolute Gasteiger partial charge is 0.454 e. The number of benzene rings is 1. The van der Waals surface area contributed by atoms with E-state index in [2.05, 4.69) is 4.98 Å². The van der Waals surface area contributed by atoms with E-state index in [9.17, 15) is 4.79 Å². The van der Waals surface area contributed by atoms with Gasteiger partial charge in [0.2, 0.25) is 12.7 Å². The highest BCUT2D eigenvalue weighted by Gasteiger charge is 2.29. The number of fused-ring (bicyclic) bond motifs is 1. The Hall–Kier alpha value is -2.12. The van der Waals surface area contributed by atoms with Gasteiger partial charge in [-0.3, -0.25) is 4.79 Å². The molecule has 2 aliphatic rings. The smallest absolute Gasteiger partial charge is 0.231 e. The van der Waals surface area contributed by atoms with Gasteiger partial charge in [0, 0.05) is 29.6 Å². The fourth-order valence-corrected chi connectivity index (χ4v) is 4.44. The van der Waals surface area contributed by atoms with E-state index in [0.29, 0.717) is 6.42 Å². The summed E-state index contributed by atoms with van der Waals surface area (Å²) in [5, 5.41) is 2.84. The van der Waals surface area contributed by atoms with Crippen molar-refractivity contribution < 1.29 is 14.3 Å². The average molecular weight is 373 g/mol. The maximum Gasteiger partial charge on any atom is 0.231 e. The number of likely N-dealkylation sites (tertiary alicyclic amines) is 1. The van der Waals surface area contributed by atoms with Gasteiger partial charge in [-0.1, -0.05) is 0 Å². The number of aromatic nitrogens is 1. The average Bonchev–Trinajstić information content (AvgIpc) is 3.30. The highest BCUT2D eigenvalue weighted by Crippen LogP contribution is 2.36. The van der Waals surface area contributed by atoms with E-state index in [-0.39, 0.29) is 24.8 Å². The van der Waals surface area contributed by atoms with Crippen molar-refractivity contribution in [3.05, 3.63) is 29.3 Å². The lowest BCUT2D eigenvalue weighted by molar-refractivity contribution is -0.134. The molecule has 2 N–H and O–H groups in total. The van der Waals surface area contributed by atoms with Crippen molar-refractivity contribution in [1.82, 2.24) is 9.88 Å².